The van der Waals surface area contributed by atoms with Crippen LogP contribution in [0.25, 0.3) is 22.6 Å². The highest BCUT2D eigenvalue weighted by atomic mass is 16.3. The zero-order chi connectivity index (χ0) is 29.9. The highest BCUT2D eigenvalue weighted by Crippen LogP contribution is 2.41. The molecule has 2 N–H and O–H groups in total. The van der Waals surface area contributed by atoms with Crippen molar-refractivity contribution in [1.29, 1.82) is 0 Å². The lowest BCUT2D eigenvalue weighted by Crippen LogP contribution is -2.38. The normalized spacial score (nSPS) is 15.3. The zero-order valence-electron chi connectivity index (χ0n) is 25.5. The third kappa shape index (κ3) is 6.37. The monoisotopic (exact) mass is 554 g/mol. The number of unbranched alkanes of at least 4 members (excludes halogenated alkanes) is 1. The van der Waals surface area contributed by atoms with Crippen LogP contribution in [0.2, 0.25) is 0 Å². The molecule has 6 heteroatoms. The highest BCUT2D eigenvalue weighted by Gasteiger charge is 2.37. The summed E-state index contributed by atoms with van der Waals surface area (Å²) in [5, 5.41) is 15.2. The number of fused-ring (bicyclic) bond motifs is 1. The second-order valence-electron chi connectivity index (χ2n) is 12.3. The number of nitrogens with zero attached hydrogens (tertiary/aromatic N) is 2. The number of rotatable bonds is 10. The van der Waals surface area contributed by atoms with E-state index in [1.807, 2.05) is 70.1 Å². The van der Waals surface area contributed by atoms with Gasteiger partial charge in [-0.1, -0.05) is 59.6 Å². The molecule has 0 bridgehead atoms. The first-order chi connectivity index (χ1) is 19.5. The van der Waals surface area contributed by atoms with Gasteiger partial charge in [0.15, 0.2) is 12.7 Å². The van der Waals surface area contributed by atoms with E-state index < -0.39 is 5.41 Å². The van der Waals surface area contributed by atoms with Crippen molar-refractivity contribution in [2.24, 2.45) is 11.3 Å². The van der Waals surface area contributed by atoms with Crippen molar-refractivity contribution in [2.45, 2.75) is 66.8 Å². The number of aliphatic hydroxyl groups excluding tert-OH is 1. The number of pyridine rings is 1. The maximum absolute atomic E-state index is 13.5. The topological polar surface area (TPSA) is 73.5 Å². The number of amides is 1. The minimum absolute atomic E-state index is 0.0507. The van der Waals surface area contributed by atoms with Crippen molar-refractivity contribution < 1.29 is 19.3 Å². The van der Waals surface area contributed by atoms with Crippen LogP contribution in [-0.4, -0.2) is 30.9 Å². The summed E-state index contributed by atoms with van der Waals surface area (Å²) in [5.41, 5.74) is 3.78. The molecule has 4 rings (SSSR count). The summed E-state index contributed by atoms with van der Waals surface area (Å²) in [6, 6.07) is 15.8. The van der Waals surface area contributed by atoms with Crippen LogP contribution in [0.1, 0.15) is 71.4 Å². The lowest BCUT2D eigenvalue weighted by Gasteiger charge is -2.26. The van der Waals surface area contributed by atoms with Gasteiger partial charge in [-0.05, 0) is 48.7 Å². The molecule has 1 unspecified atom stereocenters. The Bertz CT molecular complexity index is 1530. The molecular weight excluding hydrogens is 510 g/mol. The Kier molecular flexibility index (Phi) is 9.01. The van der Waals surface area contributed by atoms with E-state index in [1.54, 1.807) is 12.1 Å². The number of Topliss-reactive ketones (excluding diaryl/α,β-unsaturated/α-hetero) is 1. The first kappa shape index (κ1) is 30.0. The van der Waals surface area contributed by atoms with Gasteiger partial charge in [-0.3, -0.25) is 9.59 Å². The first-order valence-electron chi connectivity index (χ1n) is 14.7. The minimum atomic E-state index is -0.616. The standard InChI is InChI=1S/C35H43N3O3/c1-8-10-13-23(9-2)22-38-19-18-24(26-14-11-12-15-30(26)38)20-28-32(39)31(33(28)40)27-17-16-25(37(6)7)21-29(27)36-34(41)35(3,4)5/h11-12,14-21,23H,8-10,13,22H2,1-7H3,(H,39,40)/p+1. The summed E-state index contributed by atoms with van der Waals surface area (Å²) in [4.78, 5) is 28.3. The number of anilines is 2. The number of aliphatic hydroxyl groups is 1. The number of hydrogen-bond donors (Lipinski definition) is 2. The third-order valence-corrected chi connectivity index (χ3v) is 7.94. The molecule has 3 aromatic rings. The second-order valence-corrected chi connectivity index (χ2v) is 12.3. The van der Waals surface area contributed by atoms with E-state index in [-0.39, 0.29) is 28.6 Å². The minimum Gasteiger partial charge on any atom is -0.506 e. The summed E-state index contributed by atoms with van der Waals surface area (Å²) in [6.07, 6.45) is 8.65. The highest BCUT2D eigenvalue weighted by molar-refractivity contribution is 6.41. The Labute approximate surface area is 244 Å². The van der Waals surface area contributed by atoms with E-state index in [2.05, 4.69) is 42.1 Å². The maximum Gasteiger partial charge on any atom is 0.229 e. The SMILES string of the molecule is CCCCC(CC)C[n+]1ccc(/C=C2/C(=O)C(c3ccc(N(C)C)cc3NC(=O)C(C)(C)C)=C2O)c2ccccc21. The molecule has 1 heterocycles. The molecule has 0 saturated carbocycles. The van der Waals surface area contributed by atoms with Gasteiger partial charge in [-0.2, -0.15) is 4.57 Å². The van der Waals surface area contributed by atoms with Crippen LogP contribution in [0.5, 0.6) is 0 Å². The predicted molar refractivity (Wildman–Crippen MR) is 169 cm³/mol. The number of para-hydroxylation sites is 1. The molecule has 0 fully saturated rings. The molecule has 0 aliphatic heterocycles. The molecule has 41 heavy (non-hydrogen) atoms. The van der Waals surface area contributed by atoms with E-state index in [4.69, 9.17) is 0 Å². The summed E-state index contributed by atoms with van der Waals surface area (Å²) in [5.74, 6) is 0.159. The molecule has 2 aromatic carbocycles. The Morgan fingerprint density at radius 1 is 1.10 bits per heavy atom. The van der Waals surface area contributed by atoms with Crippen LogP contribution in [-0.2, 0) is 16.1 Å². The van der Waals surface area contributed by atoms with E-state index in [9.17, 15) is 14.7 Å². The van der Waals surface area contributed by atoms with Crippen molar-refractivity contribution >= 4 is 45.6 Å². The molecule has 1 aromatic heterocycles. The summed E-state index contributed by atoms with van der Waals surface area (Å²) < 4.78 is 2.31. The Morgan fingerprint density at radius 2 is 1.83 bits per heavy atom. The van der Waals surface area contributed by atoms with Crippen LogP contribution in [0, 0.1) is 11.3 Å². The fourth-order valence-corrected chi connectivity index (χ4v) is 5.19. The van der Waals surface area contributed by atoms with Gasteiger partial charge in [0.05, 0.1) is 22.2 Å². The van der Waals surface area contributed by atoms with Gasteiger partial charge in [0.1, 0.15) is 5.76 Å². The maximum atomic E-state index is 13.5. The molecule has 0 saturated heterocycles. The Balaban J connectivity index is 1.72. The van der Waals surface area contributed by atoms with Gasteiger partial charge in [0.2, 0.25) is 17.2 Å². The van der Waals surface area contributed by atoms with Crippen molar-refractivity contribution in [3.63, 3.8) is 0 Å². The largest absolute Gasteiger partial charge is 0.506 e. The third-order valence-electron chi connectivity index (χ3n) is 7.94. The predicted octanol–water partition coefficient (Wildman–Crippen LogP) is 7.33. The molecule has 216 valence electrons. The molecule has 1 aliphatic rings. The summed E-state index contributed by atoms with van der Waals surface area (Å²) >= 11 is 0. The van der Waals surface area contributed by atoms with Crippen molar-refractivity contribution in [1.82, 2.24) is 0 Å². The lowest BCUT2D eigenvalue weighted by atomic mass is 9.81. The molecule has 1 aliphatic carbocycles. The fraction of sp³-hybridized carbons (Fsp3) is 0.400. The van der Waals surface area contributed by atoms with Crippen molar-refractivity contribution in [2.75, 3.05) is 24.3 Å². The fourth-order valence-electron chi connectivity index (χ4n) is 5.19. The number of carbonyl (C=O) groups excluding carboxylic acids is 2. The average molecular weight is 555 g/mol. The van der Waals surface area contributed by atoms with Crippen LogP contribution in [0.4, 0.5) is 11.4 Å². The number of hydrogen-bond acceptors (Lipinski definition) is 4. The van der Waals surface area contributed by atoms with E-state index in [0.29, 0.717) is 17.2 Å². The quantitative estimate of drug-likeness (QED) is 0.203. The smallest absolute Gasteiger partial charge is 0.229 e. The number of benzene rings is 2. The molecule has 1 atom stereocenters. The van der Waals surface area contributed by atoms with Crippen LogP contribution in [0.3, 0.4) is 0 Å². The number of carbonyl (C=O) groups is 2. The zero-order valence-corrected chi connectivity index (χ0v) is 25.5. The lowest BCUT2D eigenvalue weighted by molar-refractivity contribution is -0.678. The van der Waals surface area contributed by atoms with Crippen molar-refractivity contribution in [3.05, 3.63) is 77.2 Å². The molecule has 0 spiro atoms. The number of aromatic nitrogens is 1. The van der Waals surface area contributed by atoms with Crippen LogP contribution < -0.4 is 14.8 Å². The van der Waals surface area contributed by atoms with Gasteiger partial charge < -0.3 is 15.3 Å². The number of ketones is 1. The van der Waals surface area contributed by atoms with Crippen molar-refractivity contribution in [3.8, 4) is 0 Å². The Hall–Kier alpha value is -3.93. The molecule has 1 amide bonds. The van der Waals surface area contributed by atoms with Gasteiger partial charge in [0, 0.05) is 48.8 Å². The molecule has 0 radical (unpaired) electrons. The van der Waals surface area contributed by atoms with Crippen LogP contribution in [0.15, 0.2) is 66.1 Å². The van der Waals surface area contributed by atoms with E-state index in [0.717, 1.165) is 35.1 Å². The van der Waals surface area contributed by atoms with E-state index in [1.165, 1.54) is 19.3 Å². The first-order valence-corrected chi connectivity index (χ1v) is 14.7. The van der Waals surface area contributed by atoms with Gasteiger partial charge in [0.25, 0.3) is 0 Å². The second kappa shape index (κ2) is 12.3. The number of allylic oxidation sites excluding steroid dienone is 2. The van der Waals surface area contributed by atoms with Gasteiger partial charge >= 0.3 is 0 Å². The van der Waals surface area contributed by atoms with Crippen LogP contribution >= 0.6 is 0 Å². The summed E-state index contributed by atoms with van der Waals surface area (Å²) in [7, 11) is 3.83. The number of nitrogens with one attached hydrogen (secondary N) is 1. The van der Waals surface area contributed by atoms with Gasteiger partial charge in [-0.15, -0.1) is 0 Å². The average Bonchev–Trinajstić information content (AvgIpc) is 2.94. The molecular formula is C35H44N3O3+. The Morgan fingerprint density at radius 3 is 2.46 bits per heavy atom. The summed E-state index contributed by atoms with van der Waals surface area (Å²) in [6.45, 7) is 11.0. The molecule has 6 nitrogen and oxygen atoms in total. The van der Waals surface area contributed by atoms with E-state index >= 15 is 0 Å². The van der Waals surface area contributed by atoms with Gasteiger partial charge in [-0.25, -0.2) is 0 Å².